The summed E-state index contributed by atoms with van der Waals surface area (Å²) >= 11 is 6.02. The van der Waals surface area contributed by atoms with Crippen LogP contribution in [0.1, 0.15) is 21.6 Å². The van der Waals surface area contributed by atoms with Crippen molar-refractivity contribution in [3.8, 4) is 0 Å². The molecule has 0 radical (unpaired) electrons. The minimum absolute atomic E-state index is 0.0124. The normalized spacial score (nSPS) is 16.5. The fourth-order valence-electron chi connectivity index (χ4n) is 4.52. The number of amides is 2. The molecule has 1 N–H and O–H groups in total. The van der Waals surface area contributed by atoms with Gasteiger partial charge in [-0.15, -0.1) is 0 Å². The number of pyridine rings is 1. The van der Waals surface area contributed by atoms with E-state index in [0.29, 0.717) is 62.1 Å². The van der Waals surface area contributed by atoms with Crippen LogP contribution in [-0.2, 0) is 22.5 Å². The Bertz CT molecular complexity index is 1210. The summed E-state index contributed by atoms with van der Waals surface area (Å²) in [6.07, 6.45) is 0.688. The Morgan fingerprint density at radius 3 is 2.70 bits per heavy atom. The van der Waals surface area contributed by atoms with Gasteiger partial charge in [0.1, 0.15) is 0 Å². The molecular weight excluding hydrogens is 440 g/mol. The molecule has 0 unspecified atom stereocenters. The topological polar surface area (TPSA) is 74.8 Å². The molecule has 3 heterocycles. The first-order chi connectivity index (χ1) is 16.1. The summed E-state index contributed by atoms with van der Waals surface area (Å²) in [6.45, 7) is 3.68. The maximum atomic E-state index is 13.6. The minimum atomic E-state index is -0.115. The number of nitrogens with zero attached hydrogens (tertiary/aromatic N) is 3. The van der Waals surface area contributed by atoms with Gasteiger partial charge in [-0.2, -0.15) is 0 Å². The lowest BCUT2D eigenvalue weighted by molar-refractivity contribution is -0.117. The van der Waals surface area contributed by atoms with Crippen molar-refractivity contribution in [3.05, 3.63) is 70.4 Å². The highest BCUT2D eigenvalue weighted by Crippen LogP contribution is 2.29. The van der Waals surface area contributed by atoms with E-state index in [-0.39, 0.29) is 18.4 Å². The number of carbonyl (C=O) groups is 2. The van der Waals surface area contributed by atoms with E-state index in [1.54, 1.807) is 18.2 Å². The molecule has 1 saturated heterocycles. The molecule has 0 atom stereocenters. The molecule has 2 aliphatic heterocycles. The van der Waals surface area contributed by atoms with Gasteiger partial charge in [-0.1, -0.05) is 35.9 Å². The predicted octanol–water partition coefficient (Wildman–Crippen LogP) is 3.36. The number of benzene rings is 2. The molecule has 2 aliphatic rings. The minimum Gasteiger partial charge on any atom is -0.378 e. The van der Waals surface area contributed by atoms with Crippen molar-refractivity contribution in [3.63, 3.8) is 0 Å². The van der Waals surface area contributed by atoms with E-state index in [2.05, 4.69) is 10.2 Å². The molecule has 0 aliphatic carbocycles. The van der Waals surface area contributed by atoms with Crippen LogP contribution in [0.15, 0.2) is 48.5 Å². The summed E-state index contributed by atoms with van der Waals surface area (Å²) in [5.74, 6) is -0.103. The lowest BCUT2D eigenvalue weighted by Gasteiger charge is -2.32. The van der Waals surface area contributed by atoms with Crippen LogP contribution in [0.2, 0.25) is 5.02 Å². The first-order valence-corrected chi connectivity index (χ1v) is 11.5. The Hall–Kier alpha value is -3.00. The molecule has 3 aromatic rings. The summed E-state index contributed by atoms with van der Waals surface area (Å²) in [4.78, 5) is 35.1. The van der Waals surface area contributed by atoms with Gasteiger partial charge in [0.25, 0.3) is 5.91 Å². The molecule has 33 heavy (non-hydrogen) atoms. The molecular formula is C25H25ClN4O3. The zero-order chi connectivity index (χ0) is 22.8. The van der Waals surface area contributed by atoms with Gasteiger partial charge in [0.15, 0.2) is 0 Å². The van der Waals surface area contributed by atoms with Crippen LogP contribution in [0.4, 0.5) is 5.69 Å². The lowest BCUT2D eigenvalue weighted by atomic mass is 9.94. The second kappa shape index (κ2) is 9.47. The summed E-state index contributed by atoms with van der Waals surface area (Å²) < 4.78 is 5.44. The Kier molecular flexibility index (Phi) is 6.26. The second-order valence-corrected chi connectivity index (χ2v) is 8.79. The molecule has 0 spiro atoms. The average Bonchev–Trinajstić information content (AvgIpc) is 2.82. The highest BCUT2D eigenvalue weighted by atomic mass is 35.5. The average molecular weight is 465 g/mol. The number of hydrogen-bond donors (Lipinski definition) is 1. The van der Waals surface area contributed by atoms with Crippen LogP contribution in [-0.4, -0.2) is 66.0 Å². The smallest absolute Gasteiger partial charge is 0.255 e. The summed E-state index contributed by atoms with van der Waals surface area (Å²) in [5, 5.41) is 4.34. The molecule has 2 amide bonds. The highest BCUT2D eigenvalue weighted by Gasteiger charge is 2.29. The number of morpholine rings is 1. The van der Waals surface area contributed by atoms with Crippen molar-refractivity contribution in [1.82, 2.24) is 14.8 Å². The quantitative estimate of drug-likeness (QED) is 0.641. The van der Waals surface area contributed by atoms with Crippen LogP contribution in [0.5, 0.6) is 0 Å². The van der Waals surface area contributed by atoms with Crippen LogP contribution in [0, 0.1) is 0 Å². The van der Waals surface area contributed by atoms with Crippen molar-refractivity contribution in [2.75, 3.05) is 44.7 Å². The Morgan fingerprint density at radius 1 is 1.06 bits per heavy atom. The molecule has 5 rings (SSSR count). The van der Waals surface area contributed by atoms with Gasteiger partial charge < -0.3 is 15.0 Å². The van der Waals surface area contributed by atoms with E-state index in [9.17, 15) is 9.59 Å². The van der Waals surface area contributed by atoms with Gasteiger partial charge >= 0.3 is 0 Å². The van der Waals surface area contributed by atoms with Crippen LogP contribution in [0.3, 0.4) is 0 Å². The van der Waals surface area contributed by atoms with Gasteiger partial charge in [-0.05, 0) is 24.3 Å². The number of fused-ring (bicyclic) bond motifs is 2. The third-order valence-corrected chi connectivity index (χ3v) is 6.35. The number of halogens is 1. The summed E-state index contributed by atoms with van der Waals surface area (Å²) in [6, 6.07) is 14.9. The Labute approximate surface area is 197 Å². The van der Waals surface area contributed by atoms with Gasteiger partial charge in [-0.25, -0.2) is 0 Å². The monoisotopic (exact) mass is 464 g/mol. The largest absolute Gasteiger partial charge is 0.378 e. The van der Waals surface area contributed by atoms with E-state index >= 15 is 0 Å². The fraction of sp³-hybridized carbons (Fsp3) is 0.320. The number of nitrogens with one attached hydrogen (secondary N) is 1. The van der Waals surface area contributed by atoms with Crippen LogP contribution < -0.4 is 5.32 Å². The first-order valence-electron chi connectivity index (χ1n) is 11.1. The first kappa shape index (κ1) is 21.8. The van der Waals surface area contributed by atoms with Crippen LogP contribution >= 0.6 is 11.6 Å². The Balaban J connectivity index is 1.42. The molecule has 1 aromatic heterocycles. The van der Waals surface area contributed by atoms with Crippen molar-refractivity contribution >= 4 is 40.0 Å². The highest BCUT2D eigenvalue weighted by molar-refractivity contribution is 6.30. The zero-order valence-electron chi connectivity index (χ0n) is 18.2. The van der Waals surface area contributed by atoms with E-state index in [1.165, 1.54) is 0 Å². The summed E-state index contributed by atoms with van der Waals surface area (Å²) in [7, 11) is 0. The number of para-hydroxylation sites is 1. The number of aromatic nitrogens is 1. The van der Waals surface area contributed by atoms with Gasteiger partial charge in [0, 0.05) is 60.0 Å². The molecule has 170 valence electrons. The maximum absolute atomic E-state index is 13.6. The molecule has 0 bridgehead atoms. The third-order valence-electron chi connectivity index (χ3n) is 6.11. The van der Waals surface area contributed by atoms with Crippen molar-refractivity contribution in [2.24, 2.45) is 0 Å². The van der Waals surface area contributed by atoms with E-state index in [1.807, 2.05) is 35.2 Å². The number of anilines is 1. The fourth-order valence-corrected chi connectivity index (χ4v) is 4.71. The van der Waals surface area contributed by atoms with E-state index in [0.717, 1.165) is 22.2 Å². The SMILES string of the molecule is O=C(CN1CCc2nc3ccccc3c(C(=O)N3CCOCC3)c2C1)Nc1cccc(Cl)c1. The molecule has 8 heteroatoms. The number of hydrogen-bond acceptors (Lipinski definition) is 5. The predicted molar refractivity (Wildman–Crippen MR) is 128 cm³/mol. The van der Waals surface area contributed by atoms with Gasteiger partial charge in [0.05, 0.1) is 30.8 Å². The lowest BCUT2D eigenvalue weighted by Crippen LogP contribution is -2.42. The molecule has 0 saturated carbocycles. The van der Waals surface area contributed by atoms with Crippen LogP contribution in [0.25, 0.3) is 10.9 Å². The second-order valence-electron chi connectivity index (χ2n) is 8.35. The third kappa shape index (κ3) is 4.71. The number of rotatable bonds is 4. The standard InChI is InChI=1S/C25H25ClN4O3/c26-17-4-3-5-18(14-17)27-23(31)16-29-9-8-22-20(15-29)24(19-6-1-2-7-21(19)28-22)25(32)30-10-12-33-13-11-30/h1-7,14H,8-13,15-16H2,(H,27,31). The molecule has 1 fully saturated rings. The van der Waals surface area contributed by atoms with Crippen molar-refractivity contribution < 1.29 is 14.3 Å². The Morgan fingerprint density at radius 2 is 1.88 bits per heavy atom. The maximum Gasteiger partial charge on any atom is 0.255 e. The van der Waals surface area contributed by atoms with Gasteiger partial charge in [0.2, 0.25) is 5.91 Å². The molecule has 2 aromatic carbocycles. The number of ether oxygens (including phenoxy) is 1. The summed E-state index contributed by atoms with van der Waals surface area (Å²) in [5.41, 5.74) is 4.07. The van der Waals surface area contributed by atoms with E-state index < -0.39 is 0 Å². The van der Waals surface area contributed by atoms with Gasteiger partial charge in [-0.3, -0.25) is 19.5 Å². The van der Waals surface area contributed by atoms with E-state index in [4.69, 9.17) is 21.3 Å². The number of carbonyl (C=O) groups excluding carboxylic acids is 2. The van der Waals surface area contributed by atoms with Crippen molar-refractivity contribution in [1.29, 1.82) is 0 Å². The zero-order valence-corrected chi connectivity index (χ0v) is 19.0. The molecule has 7 nitrogen and oxygen atoms in total. The van der Waals surface area contributed by atoms with Crippen molar-refractivity contribution in [2.45, 2.75) is 13.0 Å².